The standard InChI is InChI=1S/C18H31NO2/c1-2-3-4-5-6-7-8-11-14-20-15-16-21-18-13-10-9-12-17(18)19/h9-10,12-13H,2-8,11,14-16,19H2,1H3. The molecule has 0 aliphatic carbocycles. The number of nitrogen functional groups attached to an aromatic ring is 1. The van der Waals surface area contributed by atoms with Crippen LogP contribution in [-0.2, 0) is 4.74 Å². The summed E-state index contributed by atoms with van der Waals surface area (Å²) in [6.07, 6.45) is 10.6. The fraction of sp³-hybridized carbons (Fsp3) is 0.667. The molecule has 0 saturated carbocycles. The van der Waals surface area contributed by atoms with Gasteiger partial charge < -0.3 is 15.2 Å². The molecule has 0 aliphatic heterocycles. The predicted molar refractivity (Wildman–Crippen MR) is 89.8 cm³/mol. The molecule has 21 heavy (non-hydrogen) atoms. The van der Waals surface area contributed by atoms with E-state index in [0.717, 1.165) is 18.8 Å². The van der Waals surface area contributed by atoms with Crippen LogP contribution in [0.25, 0.3) is 0 Å². The van der Waals surface area contributed by atoms with Gasteiger partial charge >= 0.3 is 0 Å². The van der Waals surface area contributed by atoms with Crippen molar-refractivity contribution in [1.29, 1.82) is 0 Å². The van der Waals surface area contributed by atoms with Gasteiger partial charge in [0, 0.05) is 6.61 Å². The second kappa shape index (κ2) is 12.5. The molecule has 1 aromatic carbocycles. The smallest absolute Gasteiger partial charge is 0.142 e. The number of ether oxygens (including phenoxy) is 2. The lowest BCUT2D eigenvalue weighted by molar-refractivity contribution is 0.0973. The first-order valence-corrected chi connectivity index (χ1v) is 8.39. The second-order valence-corrected chi connectivity index (χ2v) is 5.47. The zero-order chi connectivity index (χ0) is 15.2. The number of para-hydroxylation sites is 2. The van der Waals surface area contributed by atoms with Gasteiger partial charge in [-0.1, -0.05) is 64.0 Å². The van der Waals surface area contributed by atoms with Gasteiger partial charge in [0.1, 0.15) is 12.4 Å². The molecule has 120 valence electrons. The molecule has 0 fully saturated rings. The van der Waals surface area contributed by atoms with E-state index in [-0.39, 0.29) is 0 Å². The van der Waals surface area contributed by atoms with Crippen molar-refractivity contribution in [2.45, 2.75) is 58.3 Å². The molecule has 1 aromatic rings. The van der Waals surface area contributed by atoms with Gasteiger partial charge in [-0.25, -0.2) is 0 Å². The fourth-order valence-corrected chi connectivity index (χ4v) is 2.26. The van der Waals surface area contributed by atoms with Crippen LogP contribution in [0.3, 0.4) is 0 Å². The van der Waals surface area contributed by atoms with Crippen LogP contribution in [0.2, 0.25) is 0 Å². The van der Waals surface area contributed by atoms with Crippen molar-refractivity contribution in [3.05, 3.63) is 24.3 Å². The third-order valence-electron chi connectivity index (χ3n) is 3.55. The first-order chi connectivity index (χ1) is 10.3. The van der Waals surface area contributed by atoms with Crippen LogP contribution in [0.15, 0.2) is 24.3 Å². The summed E-state index contributed by atoms with van der Waals surface area (Å²) in [6, 6.07) is 7.55. The van der Waals surface area contributed by atoms with Crippen molar-refractivity contribution in [2.75, 3.05) is 25.6 Å². The molecule has 0 aliphatic rings. The third-order valence-corrected chi connectivity index (χ3v) is 3.55. The summed E-state index contributed by atoms with van der Waals surface area (Å²) in [5.41, 5.74) is 6.48. The lowest BCUT2D eigenvalue weighted by Gasteiger charge is -2.09. The third kappa shape index (κ3) is 9.35. The highest BCUT2D eigenvalue weighted by Crippen LogP contribution is 2.19. The zero-order valence-electron chi connectivity index (χ0n) is 13.5. The minimum absolute atomic E-state index is 0.561. The topological polar surface area (TPSA) is 44.5 Å². The van der Waals surface area contributed by atoms with Crippen molar-refractivity contribution in [1.82, 2.24) is 0 Å². The summed E-state index contributed by atoms with van der Waals surface area (Å²) in [4.78, 5) is 0. The van der Waals surface area contributed by atoms with Gasteiger partial charge in [0.15, 0.2) is 0 Å². The van der Waals surface area contributed by atoms with E-state index >= 15 is 0 Å². The van der Waals surface area contributed by atoms with Crippen molar-refractivity contribution in [2.24, 2.45) is 0 Å². The number of hydrogen-bond donors (Lipinski definition) is 1. The highest BCUT2D eigenvalue weighted by atomic mass is 16.5. The van der Waals surface area contributed by atoms with Gasteiger partial charge in [0.25, 0.3) is 0 Å². The van der Waals surface area contributed by atoms with Crippen LogP contribution in [0.5, 0.6) is 5.75 Å². The molecule has 2 N–H and O–H groups in total. The molecular formula is C18H31NO2. The van der Waals surface area contributed by atoms with Gasteiger partial charge in [0.2, 0.25) is 0 Å². The van der Waals surface area contributed by atoms with E-state index in [4.69, 9.17) is 15.2 Å². The summed E-state index contributed by atoms with van der Waals surface area (Å²) in [6.45, 7) is 4.28. The Morgan fingerprint density at radius 2 is 1.48 bits per heavy atom. The molecule has 1 rings (SSSR count). The molecular weight excluding hydrogens is 262 g/mol. The summed E-state index contributed by atoms with van der Waals surface area (Å²) in [7, 11) is 0. The van der Waals surface area contributed by atoms with Gasteiger partial charge in [0.05, 0.1) is 12.3 Å². The van der Waals surface area contributed by atoms with E-state index in [1.807, 2.05) is 24.3 Å². The van der Waals surface area contributed by atoms with E-state index in [9.17, 15) is 0 Å². The van der Waals surface area contributed by atoms with Crippen molar-refractivity contribution >= 4 is 5.69 Å². The molecule has 0 aromatic heterocycles. The van der Waals surface area contributed by atoms with Gasteiger partial charge in [-0.2, -0.15) is 0 Å². The van der Waals surface area contributed by atoms with E-state index in [1.54, 1.807) is 0 Å². The Morgan fingerprint density at radius 1 is 0.810 bits per heavy atom. The van der Waals surface area contributed by atoms with Crippen LogP contribution in [0.4, 0.5) is 5.69 Å². The molecule has 0 heterocycles. The Labute approximate surface area is 129 Å². The highest BCUT2D eigenvalue weighted by molar-refractivity contribution is 5.51. The maximum atomic E-state index is 5.79. The number of rotatable bonds is 13. The van der Waals surface area contributed by atoms with Gasteiger partial charge in [-0.15, -0.1) is 0 Å². The van der Waals surface area contributed by atoms with Crippen molar-refractivity contribution in [3.63, 3.8) is 0 Å². The Hall–Kier alpha value is -1.22. The van der Waals surface area contributed by atoms with Crippen LogP contribution >= 0.6 is 0 Å². The number of benzene rings is 1. The minimum Gasteiger partial charge on any atom is -0.489 e. The molecule has 0 unspecified atom stereocenters. The largest absolute Gasteiger partial charge is 0.489 e. The van der Waals surface area contributed by atoms with E-state index < -0.39 is 0 Å². The summed E-state index contributed by atoms with van der Waals surface area (Å²) in [5.74, 6) is 0.744. The van der Waals surface area contributed by atoms with E-state index in [1.165, 1.54) is 44.9 Å². The minimum atomic E-state index is 0.561. The lowest BCUT2D eigenvalue weighted by atomic mass is 10.1. The Bertz CT molecular complexity index is 355. The highest BCUT2D eigenvalue weighted by Gasteiger charge is 1.98. The monoisotopic (exact) mass is 293 g/mol. The lowest BCUT2D eigenvalue weighted by Crippen LogP contribution is -2.08. The second-order valence-electron chi connectivity index (χ2n) is 5.47. The normalized spacial score (nSPS) is 10.7. The van der Waals surface area contributed by atoms with Crippen LogP contribution in [0.1, 0.15) is 58.3 Å². The van der Waals surface area contributed by atoms with Gasteiger partial charge in [-0.05, 0) is 18.6 Å². The maximum Gasteiger partial charge on any atom is 0.142 e. The van der Waals surface area contributed by atoms with E-state index in [2.05, 4.69) is 6.92 Å². The SMILES string of the molecule is CCCCCCCCCCOCCOc1ccccc1N. The maximum absolute atomic E-state index is 5.79. The Kier molecular flexibility index (Phi) is 10.6. The Morgan fingerprint density at radius 3 is 2.19 bits per heavy atom. The molecule has 0 bridgehead atoms. The quantitative estimate of drug-likeness (QED) is 0.419. The first-order valence-electron chi connectivity index (χ1n) is 8.39. The zero-order valence-corrected chi connectivity index (χ0v) is 13.5. The van der Waals surface area contributed by atoms with Crippen LogP contribution in [0, 0.1) is 0 Å². The molecule has 3 heteroatoms. The van der Waals surface area contributed by atoms with Crippen LogP contribution in [-0.4, -0.2) is 19.8 Å². The average molecular weight is 293 g/mol. The first kappa shape index (κ1) is 17.8. The summed E-state index contributed by atoms with van der Waals surface area (Å²) >= 11 is 0. The molecule has 3 nitrogen and oxygen atoms in total. The summed E-state index contributed by atoms with van der Waals surface area (Å²) in [5, 5.41) is 0. The fourth-order valence-electron chi connectivity index (χ4n) is 2.26. The Balaban J connectivity index is 1.84. The number of hydrogen-bond acceptors (Lipinski definition) is 3. The summed E-state index contributed by atoms with van der Waals surface area (Å²) < 4.78 is 11.1. The average Bonchev–Trinajstić information content (AvgIpc) is 2.50. The van der Waals surface area contributed by atoms with E-state index in [0.29, 0.717) is 18.9 Å². The van der Waals surface area contributed by atoms with Crippen molar-refractivity contribution < 1.29 is 9.47 Å². The van der Waals surface area contributed by atoms with Crippen molar-refractivity contribution in [3.8, 4) is 5.75 Å². The molecule has 0 amide bonds. The predicted octanol–water partition coefficient (Wildman–Crippen LogP) is 4.80. The number of anilines is 1. The molecule has 0 spiro atoms. The van der Waals surface area contributed by atoms with Crippen LogP contribution < -0.4 is 10.5 Å². The number of nitrogens with two attached hydrogens (primary N) is 1. The number of unbranched alkanes of at least 4 members (excludes halogenated alkanes) is 7. The molecule has 0 atom stereocenters. The molecule has 0 radical (unpaired) electrons. The van der Waals surface area contributed by atoms with Gasteiger partial charge in [-0.3, -0.25) is 0 Å². The molecule has 0 saturated heterocycles.